The van der Waals surface area contributed by atoms with Crippen molar-refractivity contribution in [3.8, 4) is 0 Å². The number of nitrogens with two attached hydrogens (primary N) is 1. The van der Waals surface area contributed by atoms with Crippen molar-refractivity contribution in [3.05, 3.63) is 0 Å². The monoisotopic (exact) mass is 546 g/mol. The Labute approximate surface area is 221 Å². The van der Waals surface area contributed by atoms with E-state index in [0.29, 0.717) is 6.42 Å². The lowest BCUT2D eigenvalue weighted by atomic mass is 9.96. The molecule has 0 aliphatic rings. The topological polar surface area (TPSA) is 249 Å². The maximum Gasteiger partial charge on any atom is 0.328 e. The molecule has 0 radical (unpaired) electrons. The third kappa shape index (κ3) is 11.8. The van der Waals surface area contributed by atoms with Crippen molar-refractivity contribution in [3.63, 3.8) is 0 Å². The molecule has 5 amide bonds. The van der Waals surface area contributed by atoms with E-state index in [4.69, 9.17) is 15.9 Å². The van der Waals surface area contributed by atoms with Crippen LogP contribution in [-0.2, 0) is 28.8 Å². The van der Waals surface area contributed by atoms with Crippen LogP contribution in [0, 0.1) is 11.8 Å². The lowest BCUT2D eigenvalue weighted by molar-refractivity contribution is -0.143. The van der Waals surface area contributed by atoms with Gasteiger partial charge in [-0.05, 0) is 25.2 Å². The highest BCUT2D eigenvalue weighted by Gasteiger charge is 2.33. The molecule has 0 spiro atoms. The van der Waals surface area contributed by atoms with Gasteiger partial charge in [-0.3, -0.25) is 24.0 Å². The number of carbonyl (C=O) groups is 6. The summed E-state index contributed by atoms with van der Waals surface area (Å²) in [5.41, 5.74) is 5.25. The fraction of sp³-hybridized carbons (Fsp3) is 0.739. The van der Waals surface area contributed by atoms with Gasteiger partial charge in [0, 0.05) is 0 Å². The van der Waals surface area contributed by atoms with Crippen LogP contribution < -0.4 is 32.3 Å². The summed E-state index contributed by atoms with van der Waals surface area (Å²) in [6.45, 7) is 6.42. The van der Waals surface area contributed by atoms with Crippen molar-refractivity contribution >= 4 is 35.5 Å². The average Bonchev–Trinajstić information content (AvgIpc) is 2.86. The normalized spacial score (nSPS) is 15.7. The summed E-state index contributed by atoms with van der Waals surface area (Å²) in [7, 11) is 0. The summed E-state index contributed by atoms with van der Waals surface area (Å²) in [6, 6.07) is -6.41. The van der Waals surface area contributed by atoms with E-state index in [-0.39, 0.29) is 24.8 Å². The minimum absolute atomic E-state index is 0.0960. The van der Waals surface area contributed by atoms with Gasteiger partial charge in [-0.15, -0.1) is 0 Å². The van der Waals surface area contributed by atoms with Crippen LogP contribution in [0.3, 0.4) is 0 Å². The van der Waals surface area contributed by atoms with Crippen molar-refractivity contribution in [2.75, 3.05) is 19.8 Å². The van der Waals surface area contributed by atoms with Crippen LogP contribution in [0.5, 0.6) is 0 Å². The van der Waals surface area contributed by atoms with Gasteiger partial charge >= 0.3 is 5.97 Å². The summed E-state index contributed by atoms with van der Waals surface area (Å²) in [6.07, 6.45) is 0.626. The van der Waals surface area contributed by atoms with Crippen LogP contribution in [0.1, 0.15) is 47.5 Å². The quantitative estimate of drug-likeness (QED) is 0.0872. The van der Waals surface area contributed by atoms with E-state index in [1.54, 1.807) is 27.7 Å². The van der Waals surface area contributed by atoms with E-state index in [9.17, 15) is 33.9 Å². The number of aliphatic hydroxyl groups is 2. The molecule has 10 N–H and O–H groups in total. The smallest absolute Gasteiger partial charge is 0.328 e. The fourth-order valence-electron chi connectivity index (χ4n) is 3.23. The van der Waals surface area contributed by atoms with E-state index in [0.717, 1.165) is 0 Å². The summed E-state index contributed by atoms with van der Waals surface area (Å²) < 4.78 is 0. The standard InChI is InChI=1S/C23H42N6O9/c1-6-12(4)18(29-19(33)13(5)25-17(32)8-24)22(36)26-14(7-11(2)3)20(34)27-15(9-30)21(35)28-16(10-31)23(37)38/h11-16,18,30-31H,6-10,24H2,1-5H3,(H,25,32)(H,26,36)(H,27,34)(H,28,35)(H,29,33)(H,37,38)/t12-,13-,14-,15-,16-,18-/m0/s1. The third-order valence-electron chi connectivity index (χ3n) is 5.70. The van der Waals surface area contributed by atoms with Crippen LogP contribution in [0.2, 0.25) is 0 Å². The zero-order valence-electron chi connectivity index (χ0n) is 22.4. The van der Waals surface area contributed by atoms with Crippen molar-refractivity contribution in [2.45, 2.75) is 77.7 Å². The number of hydrogen-bond donors (Lipinski definition) is 9. The molecule has 218 valence electrons. The Morgan fingerprint density at radius 2 is 1.21 bits per heavy atom. The minimum atomic E-state index is -1.64. The van der Waals surface area contributed by atoms with Gasteiger partial charge in [-0.2, -0.15) is 0 Å². The lowest BCUT2D eigenvalue weighted by Crippen LogP contribution is -2.60. The number of carbonyl (C=O) groups excluding carboxylic acids is 5. The summed E-state index contributed by atoms with van der Waals surface area (Å²) in [5, 5.41) is 39.5. The minimum Gasteiger partial charge on any atom is -0.480 e. The molecule has 15 nitrogen and oxygen atoms in total. The zero-order chi connectivity index (χ0) is 29.6. The number of nitrogens with one attached hydrogen (secondary N) is 5. The van der Waals surface area contributed by atoms with E-state index >= 15 is 0 Å². The van der Waals surface area contributed by atoms with Gasteiger partial charge in [-0.1, -0.05) is 34.1 Å². The lowest BCUT2D eigenvalue weighted by Gasteiger charge is -2.29. The number of amides is 5. The summed E-state index contributed by atoms with van der Waals surface area (Å²) in [4.78, 5) is 73.7. The molecule has 0 saturated heterocycles. The number of hydrogen-bond acceptors (Lipinski definition) is 9. The summed E-state index contributed by atoms with van der Waals surface area (Å²) in [5.74, 6) is -5.70. The molecule has 0 aliphatic heterocycles. The molecule has 38 heavy (non-hydrogen) atoms. The Balaban J connectivity index is 5.65. The van der Waals surface area contributed by atoms with E-state index < -0.39 is 78.9 Å². The molecule has 0 fully saturated rings. The Morgan fingerprint density at radius 3 is 1.66 bits per heavy atom. The zero-order valence-corrected chi connectivity index (χ0v) is 22.4. The average molecular weight is 547 g/mol. The molecule has 15 heteroatoms. The highest BCUT2D eigenvalue weighted by atomic mass is 16.4. The van der Waals surface area contributed by atoms with Crippen LogP contribution in [-0.4, -0.2) is 101 Å². The Kier molecular flexibility index (Phi) is 15.8. The maximum absolute atomic E-state index is 13.2. The van der Waals surface area contributed by atoms with E-state index in [2.05, 4.69) is 21.3 Å². The molecule has 0 unspecified atom stereocenters. The van der Waals surface area contributed by atoms with Gasteiger partial charge in [0.1, 0.15) is 30.2 Å². The van der Waals surface area contributed by atoms with Crippen molar-refractivity contribution in [1.82, 2.24) is 26.6 Å². The number of aliphatic carboxylic acids is 1. The third-order valence-corrected chi connectivity index (χ3v) is 5.70. The fourth-order valence-corrected chi connectivity index (χ4v) is 3.23. The first-order valence-electron chi connectivity index (χ1n) is 12.4. The first kappa shape index (κ1) is 34.7. The van der Waals surface area contributed by atoms with Gasteiger partial charge in [0.15, 0.2) is 0 Å². The molecule has 0 heterocycles. The molecule has 0 aromatic rings. The van der Waals surface area contributed by atoms with E-state index in [1.165, 1.54) is 6.92 Å². The second-order valence-electron chi connectivity index (χ2n) is 9.38. The van der Waals surface area contributed by atoms with Crippen LogP contribution in [0.25, 0.3) is 0 Å². The highest BCUT2D eigenvalue weighted by molar-refractivity contribution is 5.96. The van der Waals surface area contributed by atoms with Crippen LogP contribution >= 0.6 is 0 Å². The van der Waals surface area contributed by atoms with Gasteiger partial charge < -0.3 is 47.6 Å². The molecule has 0 aromatic heterocycles. The molecule has 0 bridgehead atoms. The Bertz CT molecular complexity index is 838. The predicted octanol–water partition coefficient (Wildman–Crippen LogP) is -3.45. The molecular formula is C23H42N6O9. The first-order valence-corrected chi connectivity index (χ1v) is 12.4. The highest BCUT2D eigenvalue weighted by Crippen LogP contribution is 2.11. The second kappa shape index (κ2) is 17.3. The number of carboxylic acids is 1. The molecule has 0 saturated carbocycles. The maximum atomic E-state index is 13.2. The van der Waals surface area contributed by atoms with Gasteiger partial charge in [0.2, 0.25) is 29.5 Å². The molecule has 0 rings (SSSR count). The van der Waals surface area contributed by atoms with Crippen molar-refractivity contribution in [1.29, 1.82) is 0 Å². The number of carboxylic acid groups (broad SMARTS) is 1. The van der Waals surface area contributed by atoms with Crippen molar-refractivity contribution in [2.24, 2.45) is 17.6 Å². The molecule has 0 aliphatic carbocycles. The molecule has 6 atom stereocenters. The van der Waals surface area contributed by atoms with Gasteiger partial charge in [0.25, 0.3) is 0 Å². The van der Waals surface area contributed by atoms with Crippen molar-refractivity contribution < 1.29 is 44.1 Å². The second-order valence-corrected chi connectivity index (χ2v) is 9.38. The SMILES string of the molecule is CC[C@H](C)[C@H](NC(=O)[C@H](C)NC(=O)CN)C(=O)N[C@@H](CC(C)C)C(=O)N[C@@H](CO)C(=O)N[C@@H](CO)C(=O)O. The Morgan fingerprint density at radius 1 is 0.711 bits per heavy atom. The first-order chi connectivity index (χ1) is 17.7. The largest absolute Gasteiger partial charge is 0.480 e. The number of aliphatic hydroxyl groups excluding tert-OH is 2. The van der Waals surface area contributed by atoms with E-state index in [1.807, 2.05) is 5.32 Å². The Hall–Kier alpha value is -3.30. The van der Waals surface area contributed by atoms with Crippen LogP contribution in [0.4, 0.5) is 0 Å². The predicted molar refractivity (Wildman–Crippen MR) is 135 cm³/mol. The van der Waals surface area contributed by atoms with Gasteiger partial charge in [0.05, 0.1) is 19.8 Å². The number of rotatable bonds is 17. The van der Waals surface area contributed by atoms with Gasteiger partial charge in [-0.25, -0.2) is 4.79 Å². The molecule has 0 aromatic carbocycles. The summed E-state index contributed by atoms with van der Waals surface area (Å²) >= 11 is 0. The van der Waals surface area contributed by atoms with Crippen LogP contribution in [0.15, 0.2) is 0 Å². The molecular weight excluding hydrogens is 504 g/mol.